The van der Waals surface area contributed by atoms with Crippen molar-refractivity contribution in [3.05, 3.63) is 60.1 Å². The van der Waals surface area contributed by atoms with Crippen molar-refractivity contribution in [2.24, 2.45) is 0 Å². The lowest BCUT2D eigenvalue weighted by Crippen LogP contribution is -2.37. The lowest BCUT2D eigenvalue weighted by molar-refractivity contribution is 0.345. The van der Waals surface area contributed by atoms with Gasteiger partial charge in [0, 0.05) is 18.0 Å². The highest BCUT2D eigenvalue weighted by Crippen LogP contribution is 2.22. The fourth-order valence-electron chi connectivity index (χ4n) is 2.89. The number of furan rings is 1. The largest absolute Gasteiger partial charge is 0.460 e. The second-order valence-corrected chi connectivity index (χ2v) is 5.75. The summed E-state index contributed by atoms with van der Waals surface area (Å²) in [6.45, 7) is 1.50. The van der Waals surface area contributed by atoms with Gasteiger partial charge < -0.3 is 9.73 Å². The summed E-state index contributed by atoms with van der Waals surface area (Å²) in [7, 11) is 0. The predicted molar refractivity (Wildman–Crippen MR) is 83.1 cm³/mol. The van der Waals surface area contributed by atoms with Crippen LogP contribution < -0.4 is 5.32 Å². The molecule has 6 heteroatoms. The van der Waals surface area contributed by atoms with E-state index in [4.69, 9.17) is 4.42 Å². The molecule has 4 rings (SSSR count). The number of benzene rings is 1. The van der Waals surface area contributed by atoms with E-state index >= 15 is 0 Å². The number of nitrogens with one attached hydrogen (secondary N) is 1. The Morgan fingerprint density at radius 1 is 1.22 bits per heavy atom. The van der Waals surface area contributed by atoms with Crippen LogP contribution in [0.15, 0.2) is 47.1 Å². The summed E-state index contributed by atoms with van der Waals surface area (Å²) in [5, 5.41) is 7.72. The number of halogens is 1. The third-order valence-electron chi connectivity index (χ3n) is 4.16. The minimum atomic E-state index is -0.244. The van der Waals surface area contributed by atoms with Crippen LogP contribution in [0, 0.1) is 5.82 Å². The van der Waals surface area contributed by atoms with Crippen LogP contribution in [0.25, 0.3) is 11.3 Å². The normalized spacial score (nSPS) is 17.2. The SMILES string of the molecule is Fc1ccc(-c2ccc(CNC3CCc4ncnn4C3)o2)cc1. The molecule has 3 aromatic rings. The molecule has 3 heterocycles. The molecule has 0 radical (unpaired) electrons. The van der Waals surface area contributed by atoms with Crippen LogP contribution in [0.3, 0.4) is 0 Å². The van der Waals surface area contributed by atoms with Gasteiger partial charge in [0.2, 0.25) is 0 Å². The molecule has 0 saturated heterocycles. The third-order valence-corrected chi connectivity index (χ3v) is 4.16. The van der Waals surface area contributed by atoms with Crippen LogP contribution in [-0.2, 0) is 19.5 Å². The molecule has 1 unspecified atom stereocenters. The Morgan fingerprint density at radius 3 is 2.96 bits per heavy atom. The van der Waals surface area contributed by atoms with Gasteiger partial charge in [0.15, 0.2) is 0 Å². The Kier molecular flexibility index (Phi) is 3.67. The highest BCUT2D eigenvalue weighted by Gasteiger charge is 2.19. The molecular weight excluding hydrogens is 295 g/mol. The van der Waals surface area contributed by atoms with Crippen molar-refractivity contribution < 1.29 is 8.81 Å². The van der Waals surface area contributed by atoms with Gasteiger partial charge in [-0.1, -0.05) is 0 Å². The molecule has 1 atom stereocenters. The van der Waals surface area contributed by atoms with Crippen molar-refractivity contribution in [1.29, 1.82) is 0 Å². The second-order valence-electron chi connectivity index (χ2n) is 5.75. The minimum Gasteiger partial charge on any atom is -0.460 e. The number of aryl methyl sites for hydroxylation is 1. The first-order chi connectivity index (χ1) is 11.3. The van der Waals surface area contributed by atoms with E-state index in [2.05, 4.69) is 15.4 Å². The molecule has 5 nitrogen and oxygen atoms in total. The Labute approximate surface area is 133 Å². The summed E-state index contributed by atoms with van der Waals surface area (Å²) in [5.74, 6) is 2.43. The third kappa shape index (κ3) is 3.03. The smallest absolute Gasteiger partial charge is 0.138 e. The lowest BCUT2D eigenvalue weighted by atomic mass is 10.1. The number of aromatic nitrogens is 3. The molecule has 1 aliphatic heterocycles. The van der Waals surface area contributed by atoms with Gasteiger partial charge in [-0.05, 0) is 42.8 Å². The molecule has 1 N–H and O–H groups in total. The van der Waals surface area contributed by atoms with Gasteiger partial charge in [-0.2, -0.15) is 5.10 Å². The first-order valence-corrected chi connectivity index (χ1v) is 7.72. The van der Waals surface area contributed by atoms with E-state index < -0.39 is 0 Å². The average Bonchev–Trinajstić information content (AvgIpc) is 3.22. The number of rotatable bonds is 4. The van der Waals surface area contributed by atoms with E-state index in [1.165, 1.54) is 12.1 Å². The zero-order valence-corrected chi connectivity index (χ0v) is 12.6. The minimum absolute atomic E-state index is 0.244. The van der Waals surface area contributed by atoms with E-state index in [-0.39, 0.29) is 5.82 Å². The van der Waals surface area contributed by atoms with Crippen LogP contribution in [0.2, 0.25) is 0 Å². The molecule has 0 amide bonds. The van der Waals surface area contributed by atoms with Crippen molar-refractivity contribution in [1.82, 2.24) is 20.1 Å². The lowest BCUT2D eigenvalue weighted by Gasteiger charge is -2.23. The van der Waals surface area contributed by atoms with E-state index in [0.29, 0.717) is 12.6 Å². The Morgan fingerprint density at radius 2 is 2.09 bits per heavy atom. The summed E-state index contributed by atoms with van der Waals surface area (Å²) in [5.41, 5.74) is 0.877. The number of nitrogens with zero attached hydrogens (tertiary/aromatic N) is 3. The monoisotopic (exact) mass is 312 g/mol. The van der Waals surface area contributed by atoms with E-state index in [0.717, 1.165) is 42.3 Å². The second kappa shape index (κ2) is 5.96. The van der Waals surface area contributed by atoms with Crippen LogP contribution in [0.4, 0.5) is 4.39 Å². The van der Waals surface area contributed by atoms with Gasteiger partial charge in [-0.25, -0.2) is 14.1 Å². The maximum absolute atomic E-state index is 13.0. The summed E-state index contributed by atoms with van der Waals surface area (Å²) in [6, 6.07) is 10.6. The topological polar surface area (TPSA) is 55.9 Å². The van der Waals surface area contributed by atoms with Crippen LogP contribution in [0.1, 0.15) is 18.0 Å². The number of hydrogen-bond donors (Lipinski definition) is 1. The standard InChI is InChI=1S/C17H17FN4O/c18-13-3-1-12(2-4-13)16-7-6-15(23-16)9-19-14-5-8-17-20-11-21-22(17)10-14/h1-4,6-7,11,14,19H,5,8-10H2. The molecule has 2 aromatic heterocycles. The van der Waals surface area contributed by atoms with Crippen molar-refractivity contribution in [3.63, 3.8) is 0 Å². The van der Waals surface area contributed by atoms with Gasteiger partial charge in [-0.15, -0.1) is 0 Å². The molecule has 0 saturated carbocycles. The van der Waals surface area contributed by atoms with Gasteiger partial charge in [0.05, 0.1) is 13.1 Å². The van der Waals surface area contributed by atoms with Crippen LogP contribution >= 0.6 is 0 Å². The molecule has 1 aromatic carbocycles. The first-order valence-electron chi connectivity index (χ1n) is 7.72. The summed E-state index contributed by atoms with van der Waals surface area (Å²) >= 11 is 0. The maximum Gasteiger partial charge on any atom is 0.138 e. The molecule has 0 aliphatic carbocycles. The van der Waals surface area contributed by atoms with Crippen molar-refractivity contribution in [3.8, 4) is 11.3 Å². The first kappa shape index (κ1) is 14.1. The zero-order valence-electron chi connectivity index (χ0n) is 12.6. The summed E-state index contributed by atoms with van der Waals surface area (Å²) < 4.78 is 20.8. The fraction of sp³-hybridized carbons (Fsp3) is 0.294. The fourth-order valence-corrected chi connectivity index (χ4v) is 2.89. The van der Waals surface area contributed by atoms with Gasteiger partial charge >= 0.3 is 0 Å². The molecule has 0 bridgehead atoms. The molecule has 23 heavy (non-hydrogen) atoms. The Hall–Kier alpha value is -2.47. The van der Waals surface area contributed by atoms with Crippen LogP contribution in [0.5, 0.6) is 0 Å². The Bertz CT molecular complexity index is 793. The molecule has 1 aliphatic rings. The average molecular weight is 312 g/mol. The van der Waals surface area contributed by atoms with E-state index in [1.54, 1.807) is 18.5 Å². The van der Waals surface area contributed by atoms with Gasteiger partial charge in [0.1, 0.15) is 29.5 Å². The van der Waals surface area contributed by atoms with Crippen molar-refractivity contribution in [2.45, 2.75) is 32.0 Å². The number of hydrogen-bond acceptors (Lipinski definition) is 4. The molecule has 0 fully saturated rings. The highest BCUT2D eigenvalue weighted by molar-refractivity contribution is 5.57. The summed E-state index contributed by atoms with van der Waals surface area (Å²) in [6.07, 6.45) is 3.60. The van der Waals surface area contributed by atoms with Crippen LogP contribution in [-0.4, -0.2) is 20.8 Å². The molecule has 118 valence electrons. The van der Waals surface area contributed by atoms with E-state index in [9.17, 15) is 4.39 Å². The van der Waals surface area contributed by atoms with Crippen molar-refractivity contribution >= 4 is 0 Å². The summed E-state index contributed by atoms with van der Waals surface area (Å²) in [4.78, 5) is 4.23. The molecular formula is C17H17FN4O. The van der Waals surface area contributed by atoms with Crippen molar-refractivity contribution in [2.75, 3.05) is 0 Å². The quantitative estimate of drug-likeness (QED) is 0.805. The number of fused-ring (bicyclic) bond motifs is 1. The van der Waals surface area contributed by atoms with E-state index in [1.807, 2.05) is 16.8 Å². The van der Waals surface area contributed by atoms with Gasteiger partial charge in [-0.3, -0.25) is 0 Å². The predicted octanol–water partition coefficient (Wildman–Crippen LogP) is 2.78. The molecule has 0 spiro atoms. The highest BCUT2D eigenvalue weighted by atomic mass is 19.1. The Balaban J connectivity index is 1.38. The van der Waals surface area contributed by atoms with Gasteiger partial charge in [0.25, 0.3) is 0 Å². The maximum atomic E-state index is 13.0. The zero-order chi connectivity index (χ0) is 15.6.